The first-order valence-corrected chi connectivity index (χ1v) is 7.50. The van der Waals surface area contributed by atoms with Gasteiger partial charge in [-0.2, -0.15) is 13.2 Å². The van der Waals surface area contributed by atoms with E-state index in [0.29, 0.717) is 0 Å². The summed E-state index contributed by atoms with van der Waals surface area (Å²) in [5.41, 5.74) is 5.95. The van der Waals surface area contributed by atoms with Crippen molar-refractivity contribution in [2.45, 2.75) is 24.0 Å². The van der Waals surface area contributed by atoms with Crippen LogP contribution < -0.4 is 5.73 Å². The lowest BCUT2D eigenvalue weighted by atomic mass is 10.3. The minimum atomic E-state index is -4.32. The average Bonchev–Trinajstić information content (AvgIpc) is 2.59. The second-order valence-electron chi connectivity index (χ2n) is 4.38. The molecule has 110 valence electrons. The number of nitrogen functional groups attached to an aromatic ring is 1. The molecule has 0 atom stereocenters. The maximum atomic E-state index is 12.3. The molecule has 0 radical (unpaired) electrons. The van der Waals surface area contributed by atoms with Crippen molar-refractivity contribution >= 4 is 26.8 Å². The van der Waals surface area contributed by atoms with Crippen LogP contribution in [0.4, 0.5) is 19.1 Å². The van der Waals surface area contributed by atoms with Crippen molar-refractivity contribution in [2.24, 2.45) is 0 Å². The van der Waals surface area contributed by atoms with Crippen LogP contribution in [-0.2, 0) is 16.4 Å². The summed E-state index contributed by atoms with van der Waals surface area (Å²) >= 11 is 0. The molecule has 0 aliphatic carbocycles. The molecular weight excluding hydrogens is 295 g/mol. The number of fused-ring (bicyclic) bond motifs is 1. The van der Waals surface area contributed by atoms with Crippen LogP contribution in [0.15, 0.2) is 23.1 Å². The second kappa shape index (κ2) is 4.65. The first-order chi connectivity index (χ1) is 9.09. The van der Waals surface area contributed by atoms with Gasteiger partial charge in [0.25, 0.3) is 0 Å². The highest BCUT2D eigenvalue weighted by Gasteiger charge is 2.28. The van der Waals surface area contributed by atoms with Gasteiger partial charge in [0.2, 0.25) is 5.95 Å². The number of rotatable bonds is 3. The number of sulfone groups is 1. The highest BCUT2D eigenvalue weighted by atomic mass is 32.2. The number of nitrogens with two attached hydrogens (primary N) is 1. The number of alkyl halides is 3. The second-order valence-corrected chi connectivity index (χ2v) is 6.37. The van der Waals surface area contributed by atoms with Crippen molar-refractivity contribution in [1.29, 1.82) is 0 Å². The fourth-order valence-corrected chi connectivity index (χ4v) is 2.74. The monoisotopic (exact) mass is 307 g/mol. The molecule has 9 heteroatoms. The highest BCUT2D eigenvalue weighted by molar-refractivity contribution is 7.91. The normalized spacial score (nSPS) is 13.0. The number of hydrogen-bond acceptors (Lipinski definition) is 4. The molecule has 1 heterocycles. The van der Waals surface area contributed by atoms with Gasteiger partial charge in [0.15, 0.2) is 9.84 Å². The third-order valence-electron chi connectivity index (χ3n) is 2.79. The summed E-state index contributed by atoms with van der Waals surface area (Å²) in [5, 5.41) is 0. The van der Waals surface area contributed by atoms with Crippen LogP contribution in [-0.4, -0.2) is 30.4 Å². The Morgan fingerprint density at radius 2 is 2.00 bits per heavy atom. The lowest BCUT2D eigenvalue weighted by Crippen LogP contribution is -2.13. The number of imidazole rings is 1. The van der Waals surface area contributed by atoms with Crippen LogP contribution >= 0.6 is 0 Å². The summed E-state index contributed by atoms with van der Waals surface area (Å²) in [7, 11) is -3.53. The molecule has 0 saturated carbocycles. The van der Waals surface area contributed by atoms with Gasteiger partial charge in [-0.25, -0.2) is 13.4 Å². The average molecular weight is 307 g/mol. The van der Waals surface area contributed by atoms with Crippen molar-refractivity contribution in [3.05, 3.63) is 18.2 Å². The molecule has 2 N–H and O–H groups in total. The Labute approximate surface area is 113 Å². The first-order valence-electron chi connectivity index (χ1n) is 5.61. The molecule has 5 nitrogen and oxygen atoms in total. The number of benzene rings is 1. The Hall–Kier alpha value is -1.77. The molecule has 0 spiro atoms. The van der Waals surface area contributed by atoms with Gasteiger partial charge in [-0.15, -0.1) is 0 Å². The van der Waals surface area contributed by atoms with E-state index in [1.165, 1.54) is 18.2 Å². The van der Waals surface area contributed by atoms with Gasteiger partial charge in [-0.05, 0) is 12.1 Å². The quantitative estimate of drug-likeness (QED) is 0.940. The Kier molecular flexibility index (Phi) is 3.41. The predicted molar refractivity (Wildman–Crippen MR) is 67.9 cm³/mol. The van der Waals surface area contributed by atoms with Gasteiger partial charge in [-0.1, -0.05) is 6.07 Å². The zero-order valence-corrected chi connectivity index (χ0v) is 11.3. The largest absolute Gasteiger partial charge is 0.390 e. The van der Waals surface area contributed by atoms with E-state index in [1.54, 1.807) is 0 Å². The Bertz CT molecular complexity index is 750. The van der Waals surface area contributed by atoms with Crippen molar-refractivity contribution in [3.8, 4) is 0 Å². The maximum Gasteiger partial charge on any atom is 0.390 e. The SMILES string of the molecule is CS(=O)(=O)c1cccc2c1nc(N)n2CCC(F)(F)F. The minimum Gasteiger partial charge on any atom is -0.369 e. The van der Waals surface area contributed by atoms with Crippen molar-refractivity contribution in [3.63, 3.8) is 0 Å². The van der Waals surface area contributed by atoms with Gasteiger partial charge in [-0.3, -0.25) is 0 Å². The molecule has 1 aromatic carbocycles. The fraction of sp³-hybridized carbons (Fsp3) is 0.364. The molecular formula is C11H12F3N3O2S. The zero-order valence-electron chi connectivity index (χ0n) is 10.5. The molecule has 0 aliphatic rings. The number of halogens is 3. The molecule has 20 heavy (non-hydrogen) atoms. The summed E-state index contributed by atoms with van der Waals surface area (Å²) in [5.74, 6) is -0.139. The van der Waals surface area contributed by atoms with E-state index < -0.39 is 29.0 Å². The van der Waals surface area contributed by atoms with Crippen molar-refractivity contribution in [2.75, 3.05) is 12.0 Å². The topological polar surface area (TPSA) is 78.0 Å². The van der Waals surface area contributed by atoms with E-state index in [1.807, 2.05) is 0 Å². The van der Waals surface area contributed by atoms with Crippen LogP contribution in [0.5, 0.6) is 0 Å². The molecule has 0 amide bonds. The Morgan fingerprint density at radius 3 is 2.55 bits per heavy atom. The number of aromatic nitrogens is 2. The molecule has 0 saturated heterocycles. The molecule has 0 unspecified atom stereocenters. The summed E-state index contributed by atoms with van der Waals surface area (Å²) in [6.07, 6.45) is -4.38. The molecule has 1 aromatic heterocycles. The predicted octanol–water partition coefficient (Wildman–Crippen LogP) is 1.97. The van der Waals surface area contributed by atoms with Crippen molar-refractivity contribution in [1.82, 2.24) is 9.55 Å². The van der Waals surface area contributed by atoms with Gasteiger partial charge in [0.1, 0.15) is 5.52 Å². The summed E-state index contributed by atoms with van der Waals surface area (Å²) in [4.78, 5) is 3.83. The Balaban J connectivity index is 2.56. The van der Waals surface area contributed by atoms with Crippen molar-refractivity contribution < 1.29 is 21.6 Å². The number of nitrogens with zero attached hydrogens (tertiary/aromatic N) is 2. The van der Waals surface area contributed by atoms with E-state index >= 15 is 0 Å². The van der Waals surface area contributed by atoms with Crippen LogP contribution in [0.1, 0.15) is 6.42 Å². The number of anilines is 1. The summed E-state index contributed by atoms with van der Waals surface area (Å²) in [6.45, 7) is -0.404. The van der Waals surface area contributed by atoms with Gasteiger partial charge >= 0.3 is 6.18 Å². The molecule has 0 fully saturated rings. The Morgan fingerprint density at radius 1 is 1.35 bits per heavy atom. The van der Waals surface area contributed by atoms with Gasteiger partial charge in [0, 0.05) is 12.8 Å². The number of para-hydroxylation sites is 1. The molecule has 2 rings (SSSR count). The summed E-state index contributed by atoms with van der Waals surface area (Å²) in [6, 6.07) is 4.28. The molecule has 0 aliphatic heterocycles. The lowest BCUT2D eigenvalue weighted by Gasteiger charge is -2.09. The highest BCUT2D eigenvalue weighted by Crippen LogP contribution is 2.27. The van der Waals surface area contributed by atoms with E-state index in [2.05, 4.69) is 4.98 Å². The third-order valence-corrected chi connectivity index (χ3v) is 3.92. The van der Waals surface area contributed by atoms with Crippen LogP contribution in [0.25, 0.3) is 11.0 Å². The zero-order chi connectivity index (χ0) is 15.1. The van der Waals surface area contributed by atoms with E-state index in [-0.39, 0.29) is 21.9 Å². The fourth-order valence-electron chi connectivity index (χ4n) is 1.91. The number of hydrogen-bond donors (Lipinski definition) is 1. The molecule has 0 bridgehead atoms. The van der Waals surface area contributed by atoms with Gasteiger partial charge in [0.05, 0.1) is 16.8 Å². The minimum absolute atomic E-state index is 0.0486. The summed E-state index contributed by atoms with van der Waals surface area (Å²) < 4.78 is 61.2. The van der Waals surface area contributed by atoms with Crippen LogP contribution in [0.3, 0.4) is 0 Å². The lowest BCUT2D eigenvalue weighted by molar-refractivity contribution is -0.136. The van der Waals surface area contributed by atoms with Crippen LogP contribution in [0.2, 0.25) is 0 Å². The van der Waals surface area contributed by atoms with E-state index in [9.17, 15) is 21.6 Å². The molecule has 2 aromatic rings. The van der Waals surface area contributed by atoms with Crippen LogP contribution in [0, 0.1) is 0 Å². The number of aryl methyl sites for hydroxylation is 1. The smallest absolute Gasteiger partial charge is 0.369 e. The first kappa shape index (κ1) is 14.6. The standard InChI is InChI=1S/C11H12F3N3O2S/c1-20(18,19)8-4-2-3-7-9(8)16-10(15)17(7)6-5-11(12,13)14/h2-4H,5-6H2,1H3,(H2,15,16). The van der Waals surface area contributed by atoms with Gasteiger partial charge < -0.3 is 10.3 Å². The third kappa shape index (κ3) is 2.87. The van der Waals surface area contributed by atoms with E-state index in [0.717, 1.165) is 10.8 Å². The maximum absolute atomic E-state index is 12.3. The van der Waals surface area contributed by atoms with E-state index in [4.69, 9.17) is 5.73 Å².